The van der Waals surface area contributed by atoms with Crippen LogP contribution >= 0.6 is 0 Å². The zero-order valence-electron chi connectivity index (χ0n) is 41.1. The standard InChI is InChI=1S/C50H78N10O9/c1-5-6-7-8-9-10-11-14-25-54-26-22-43(62)57-38(16-12-13-23-51)50(68)59(4)44-35-19-21-42(69-28-24-52)37(31-35)36-29-34(18-20-41(36)61)30-39(58-46(64)32(2)55-48(44)66)47(65)56-33(3)49(67)60-27-15-17-40(60)45(53)63/h18-21,29,31-33,38-40,44,54,61H,5-17,22-28,30,51-52H2,1-4H3,(H2,53,63)(H,55,66)(H,56,65)(H,57,62)(H,58,64)/t32-,33-,38-,39-,40-,44-/m0/s1. The van der Waals surface area contributed by atoms with E-state index in [1.165, 1.54) is 75.3 Å². The van der Waals surface area contributed by atoms with E-state index < -0.39 is 71.7 Å². The van der Waals surface area contributed by atoms with Crippen LogP contribution in [0.15, 0.2) is 36.4 Å². The van der Waals surface area contributed by atoms with Crippen molar-refractivity contribution < 1.29 is 43.4 Å². The summed E-state index contributed by atoms with van der Waals surface area (Å²) < 4.78 is 6.03. The zero-order valence-corrected chi connectivity index (χ0v) is 41.1. The number of benzene rings is 2. The van der Waals surface area contributed by atoms with E-state index in [2.05, 4.69) is 33.5 Å². The lowest BCUT2D eigenvalue weighted by Gasteiger charge is -2.33. The van der Waals surface area contributed by atoms with Gasteiger partial charge in [-0.15, -0.1) is 0 Å². The van der Waals surface area contributed by atoms with Crippen molar-refractivity contribution in [2.24, 2.45) is 17.2 Å². The number of unbranched alkanes of at least 4 members (excludes halogenated alkanes) is 8. The molecule has 4 rings (SSSR count). The normalized spacial score (nSPS) is 19.1. The molecular formula is C50H78N10O9. The summed E-state index contributed by atoms with van der Waals surface area (Å²) in [6.45, 7) is 7.27. The Bertz CT molecular complexity index is 2050. The zero-order chi connectivity index (χ0) is 50.5. The first-order valence-electron chi connectivity index (χ1n) is 24.9. The minimum absolute atomic E-state index is 0.105. The molecule has 2 aromatic carbocycles. The van der Waals surface area contributed by atoms with Crippen LogP contribution in [0.25, 0.3) is 11.1 Å². The number of nitrogens with zero attached hydrogens (tertiary/aromatic N) is 2. The first kappa shape index (κ1) is 55.8. The molecule has 0 aliphatic carbocycles. The number of amides is 7. The van der Waals surface area contributed by atoms with Crippen molar-refractivity contribution >= 4 is 41.4 Å². The number of nitrogens with one attached hydrogen (secondary N) is 5. The Morgan fingerprint density at radius 1 is 0.884 bits per heavy atom. The Morgan fingerprint density at radius 3 is 2.30 bits per heavy atom. The number of aromatic hydroxyl groups is 1. The van der Waals surface area contributed by atoms with Crippen LogP contribution in [0.1, 0.15) is 128 Å². The quantitative estimate of drug-likeness (QED) is 0.0614. The Labute approximate surface area is 407 Å². The first-order valence-corrected chi connectivity index (χ1v) is 24.9. The van der Waals surface area contributed by atoms with Crippen LogP contribution in [0, 0.1) is 0 Å². The van der Waals surface area contributed by atoms with Crippen LogP contribution in [-0.2, 0) is 40.0 Å². The SMILES string of the molecule is CCCCCCCCCCNCCC(=O)N[C@@H](CCCCN)C(=O)N(C)[C@@H]1C(=O)N[C@@H](C)C(=O)N[C@H](C(=O)N[C@@H](C)C(=O)N2CCC[C@H]2C(N)=O)Cc2ccc(O)c(c2)-c2cc1ccc2OCCN. The molecule has 0 aromatic heterocycles. The van der Waals surface area contributed by atoms with Gasteiger partial charge < -0.3 is 63.4 Å². The van der Waals surface area contributed by atoms with Gasteiger partial charge in [-0.2, -0.15) is 0 Å². The second-order valence-electron chi connectivity index (χ2n) is 18.3. The predicted octanol–water partition coefficient (Wildman–Crippen LogP) is 2.16. The van der Waals surface area contributed by atoms with Gasteiger partial charge >= 0.3 is 0 Å². The third kappa shape index (κ3) is 16.7. The van der Waals surface area contributed by atoms with E-state index in [0.29, 0.717) is 67.8 Å². The fourth-order valence-corrected chi connectivity index (χ4v) is 8.85. The van der Waals surface area contributed by atoms with Gasteiger partial charge in [-0.25, -0.2) is 0 Å². The van der Waals surface area contributed by atoms with Crippen molar-refractivity contribution in [2.45, 2.75) is 153 Å². The Morgan fingerprint density at radius 2 is 1.61 bits per heavy atom. The number of ether oxygens (including phenoxy) is 1. The molecule has 0 unspecified atom stereocenters. The van der Waals surface area contributed by atoms with Crippen LogP contribution in [0.5, 0.6) is 11.5 Å². The summed E-state index contributed by atoms with van der Waals surface area (Å²) in [6, 6.07) is 2.62. The number of likely N-dealkylation sites (N-methyl/N-ethyl adjacent to an activating group) is 1. The van der Waals surface area contributed by atoms with Crippen molar-refractivity contribution in [3.63, 3.8) is 0 Å². The number of carbonyl (C=O) groups is 7. The summed E-state index contributed by atoms with van der Waals surface area (Å²) in [5.41, 5.74) is 18.6. The number of nitrogens with two attached hydrogens (primary N) is 3. The molecule has 19 heteroatoms. The van der Waals surface area contributed by atoms with Gasteiger partial charge in [0.2, 0.25) is 41.4 Å². The van der Waals surface area contributed by atoms with Gasteiger partial charge in [0, 0.05) is 50.7 Å². The molecule has 4 bridgehead atoms. The highest BCUT2D eigenvalue weighted by Gasteiger charge is 2.38. The van der Waals surface area contributed by atoms with Gasteiger partial charge in [0.05, 0.1) is 0 Å². The van der Waals surface area contributed by atoms with Crippen molar-refractivity contribution in [1.29, 1.82) is 0 Å². The lowest BCUT2D eigenvalue weighted by Crippen LogP contribution is -2.58. The van der Waals surface area contributed by atoms with E-state index in [1.807, 2.05) is 0 Å². The second kappa shape index (κ2) is 28.6. The summed E-state index contributed by atoms with van der Waals surface area (Å²) in [5, 5.41) is 25.7. The lowest BCUT2D eigenvalue weighted by molar-refractivity contribution is -0.143. The molecule has 7 amide bonds. The number of rotatable bonds is 26. The summed E-state index contributed by atoms with van der Waals surface area (Å²) in [7, 11) is 1.45. The number of primary amides is 1. The van der Waals surface area contributed by atoms with E-state index in [4.69, 9.17) is 21.9 Å². The maximum atomic E-state index is 14.6. The van der Waals surface area contributed by atoms with Crippen LogP contribution < -0.4 is 48.5 Å². The maximum absolute atomic E-state index is 14.6. The van der Waals surface area contributed by atoms with Crippen molar-refractivity contribution in [2.75, 3.05) is 46.4 Å². The number of fused-ring (bicyclic) bond motifs is 5. The van der Waals surface area contributed by atoms with E-state index in [1.54, 1.807) is 30.3 Å². The van der Waals surface area contributed by atoms with Gasteiger partial charge in [0.1, 0.15) is 54.4 Å². The van der Waals surface area contributed by atoms with Crippen LogP contribution in [0.3, 0.4) is 0 Å². The number of hydrogen-bond acceptors (Lipinski definition) is 12. The number of hydrogen-bond donors (Lipinski definition) is 9. The summed E-state index contributed by atoms with van der Waals surface area (Å²) >= 11 is 0. The average Bonchev–Trinajstić information content (AvgIpc) is 3.83. The molecule has 19 nitrogen and oxygen atoms in total. The molecule has 2 heterocycles. The Balaban J connectivity index is 1.63. The molecule has 6 atom stereocenters. The molecule has 0 spiro atoms. The summed E-state index contributed by atoms with van der Waals surface area (Å²) in [4.78, 5) is 98.7. The van der Waals surface area contributed by atoms with Crippen LogP contribution in [0.2, 0.25) is 0 Å². The molecule has 69 heavy (non-hydrogen) atoms. The minimum Gasteiger partial charge on any atom is -0.507 e. The van der Waals surface area contributed by atoms with Gasteiger partial charge in [0.25, 0.3) is 0 Å². The average molecular weight is 963 g/mol. The molecule has 0 saturated carbocycles. The van der Waals surface area contributed by atoms with E-state index >= 15 is 0 Å². The summed E-state index contributed by atoms with van der Waals surface area (Å²) in [6.07, 6.45) is 12.0. The summed E-state index contributed by atoms with van der Waals surface area (Å²) in [5.74, 6) is -4.13. The molecule has 12 N–H and O–H groups in total. The Hall–Kier alpha value is -5.79. The number of phenolic OH excluding ortho intramolecular Hbond substituents is 1. The molecular weight excluding hydrogens is 885 g/mol. The van der Waals surface area contributed by atoms with Crippen molar-refractivity contribution in [1.82, 2.24) is 36.4 Å². The maximum Gasteiger partial charge on any atom is 0.248 e. The molecule has 1 fully saturated rings. The van der Waals surface area contributed by atoms with Crippen LogP contribution in [0.4, 0.5) is 0 Å². The molecule has 2 aliphatic rings. The fourth-order valence-electron chi connectivity index (χ4n) is 8.85. The Kier molecular flexibility index (Phi) is 23.2. The van der Waals surface area contributed by atoms with Crippen molar-refractivity contribution in [3.8, 4) is 22.6 Å². The largest absolute Gasteiger partial charge is 0.507 e. The van der Waals surface area contributed by atoms with E-state index in [9.17, 15) is 38.7 Å². The number of likely N-dealkylation sites (tertiary alicyclic amines) is 1. The predicted molar refractivity (Wildman–Crippen MR) is 263 cm³/mol. The second-order valence-corrected chi connectivity index (χ2v) is 18.3. The van der Waals surface area contributed by atoms with Gasteiger partial charge in [-0.05, 0) is 101 Å². The third-order valence-corrected chi connectivity index (χ3v) is 12.8. The van der Waals surface area contributed by atoms with Crippen LogP contribution in [-0.4, -0.2) is 133 Å². The molecule has 2 aromatic rings. The fraction of sp³-hybridized carbons (Fsp3) is 0.620. The highest BCUT2D eigenvalue weighted by molar-refractivity contribution is 5.97. The number of phenols is 1. The van der Waals surface area contributed by atoms with Gasteiger partial charge in [-0.1, -0.05) is 64.0 Å². The first-order chi connectivity index (χ1) is 33.1. The van der Waals surface area contributed by atoms with E-state index in [-0.39, 0.29) is 49.6 Å². The highest BCUT2D eigenvalue weighted by Crippen LogP contribution is 2.39. The van der Waals surface area contributed by atoms with Gasteiger partial charge in [0.15, 0.2) is 0 Å². The highest BCUT2D eigenvalue weighted by atomic mass is 16.5. The third-order valence-electron chi connectivity index (χ3n) is 12.8. The van der Waals surface area contributed by atoms with Gasteiger partial charge in [-0.3, -0.25) is 33.6 Å². The monoisotopic (exact) mass is 963 g/mol. The topological polar surface area (TPSA) is 294 Å². The number of carbonyl (C=O) groups excluding carboxylic acids is 7. The molecule has 2 aliphatic heterocycles. The lowest BCUT2D eigenvalue weighted by atomic mass is 9.93. The van der Waals surface area contributed by atoms with E-state index in [0.717, 1.165) is 19.4 Å². The van der Waals surface area contributed by atoms with Crippen molar-refractivity contribution in [3.05, 3.63) is 47.5 Å². The smallest absolute Gasteiger partial charge is 0.248 e. The molecule has 0 radical (unpaired) electrons. The minimum atomic E-state index is -1.38. The molecule has 1 saturated heterocycles. The molecule has 382 valence electrons.